The lowest BCUT2D eigenvalue weighted by Gasteiger charge is -2.10. The topological polar surface area (TPSA) is 29.1 Å². The van der Waals surface area contributed by atoms with Gasteiger partial charge in [-0.25, -0.2) is 0 Å². The second-order valence-corrected chi connectivity index (χ2v) is 3.53. The molecule has 0 bridgehead atoms. The van der Waals surface area contributed by atoms with Crippen molar-refractivity contribution in [3.8, 4) is 0 Å². The Kier molecular flexibility index (Phi) is 2.34. The Morgan fingerprint density at radius 2 is 2.15 bits per heavy atom. The van der Waals surface area contributed by atoms with E-state index in [4.69, 9.17) is 11.6 Å². The van der Waals surface area contributed by atoms with Gasteiger partial charge in [-0.15, -0.1) is 0 Å². The Labute approximate surface area is 81.9 Å². The predicted octanol–water partition coefficient (Wildman–Crippen LogP) is 1.94. The maximum absolute atomic E-state index is 11.4. The minimum Gasteiger partial charge on any atom is -0.303 e. The summed E-state index contributed by atoms with van der Waals surface area (Å²) in [7, 11) is 0. The molecule has 1 N–H and O–H groups in total. The molecular weight excluding hydrogens is 186 g/mol. The average Bonchev–Trinajstić information content (AvgIpc) is 2.52. The van der Waals surface area contributed by atoms with Crippen molar-refractivity contribution >= 4 is 17.4 Å². The van der Waals surface area contributed by atoms with Crippen molar-refractivity contribution in [3.05, 3.63) is 34.9 Å². The third-order valence-electron chi connectivity index (χ3n) is 2.26. The second-order valence-electron chi connectivity index (χ2n) is 3.12. The largest absolute Gasteiger partial charge is 0.303 e. The van der Waals surface area contributed by atoms with Crippen LogP contribution in [0, 0.1) is 0 Å². The lowest BCUT2D eigenvalue weighted by atomic mass is 10.0. The third kappa shape index (κ3) is 1.60. The summed E-state index contributed by atoms with van der Waals surface area (Å²) < 4.78 is 0. The Morgan fingerprint density at radius 3 is 2.77 bits per heavy atom. The molecule has 0 aromatic heterocycles. The number of hydrogen-bond acceptors (Lipinski definition) is 2. The van der Waals surface area contributed by atoms with Crippen LogP contribution in [0.1, 0.15) is 18.0 Å². The summed E-state index contributed by atoms with van der Waals surface area (Å²) in [4.78, 5) is 11.4. The molecule has 0 spiro atoms. The van der Waals surface area contributed by atoms with Gasteiger partial charge >= 0.3 is 0 Å². The highest BCUT2D eigenvalue weighted by molar-refractivity contribution is 6.31. The number of benzene rings is 1. The van der Waals surface area contributed by atoms with Crippen LogP contribution in [0.2, 0.25) is 5.02 Å². The maximum Gasteiger partial charge on any atom is 0.155 e. The smallest absolute Gasteiger partial charge is 0.155 e. The molecule has 1 fully saturated rings. The molecule has 1 unspecified atom stereocenters. The zero-order chi connectivity index (χ0) is 9.26. The molecular formula is C10H10ClNO. The minimum absolute atomic E-state index is 0.186. The Morgan fingerprint density at radius 1 is 1.38 bits per heavy atom. The fraction of sp³-hybridized carbons (Fsp3) is 0.300. The number of hydrogen-bond donors (Lipinski definition) is 1. The van der Waals surface area contributed by atoms with Crippen LogP contribution in [0.4, 0.5) is 0 Å². The van der Waals surface area contributed by atoms with Gasteiger partial charge < -0.3 is 5.32 Å². The molecule has 3 heteroatoms. The zero-order valence-electron chi connectivity index (χ0n) is 7.09. The maximum atomic E-state index is 11.4. The summed E-state index contributed by atoms with van der Waals surface area (Å²) in [5.41, 5.74) is 0.895. The molecule has 1 aliphatic heterocycles. The van der Waals surface area contributed by atoms with Gasteiger partial charge in [-0.2, -0.15) is 0 Å². The number of nitrogens with one attached hydrogen (secondary N) is 1. The van der Waals surface area contributed by atoms with Crippen molar-refractivity contribution in [1.82, 2.24) is 5.32 Å². The van der Waals surface area contributed by atoms with Gasteiger partial charge in [-0.1, -0.05) is 29.8 Å². The Hall–Kier alpha value is -0.860. The van der Waals surface area contributed by atoms with E-state index in [0.717, 1.165) is 12.1 Å². The highest BCUT2D eigenvalue weighted by Gasteiger charge is 2.26. The quantitative estimate of drug-likeness (QED) is 0.742. The lowest BCUT2D eigenvalue weighted by Crippen LogP contribution is -2.17. The van der Waals surface area contributed by atoms with E-state index in [9.17, 15) is 4.79 Å². The molecule has 2 nitrogen and oxygen atoms in total. The van der Waals surface area contributed by atoms with Gasteiger partial charge in [0.15, 0.2) is 5.78 Å². The molecule has 0 radical (unpaired) electrons. The van der Waals surface area contributed by atoms with E-state index in [1.165, 1.54) is 0 Å². The summed E-state index contributed by atoms with van der Waals surface area (Å²) in [6.07, 6.45) is 0.607. The first kappa shape index (κ1) is 8.73. The van der Waals surface area contributed by atoms with E-state index in [1.807, 2.05) is 24.3 Å². The van der Waals surface area contributed by atoms with Gasteiger partial charge in [-0.3, -0.25) is 4.79 Å². The van der Waals surface area contributed by atoms with Crippen LogP contribution in [-0.2, 0) is 4.79 Å². The van der Waals surface area contributed by atoms with Gasteiger partial charge in [0.1, 0.15) is 0 Å². The van der Waals surface area contributed by atoms with Crippen molar-refractivity contribution in [2.24, 2.45) is 0 Å². The number of halogens is 1. The van der Waals surface area contributed by atoms with E-state index >= 15 is 0 Å². The average molecular weight is 196 g/mol. The minimum atomic E-state index is -0.186. The van der Waals surface area contributed by atoms with Crippen LogP contribution in [0.5, 0.6) is 0 Å². The third-order valence-corrected chi connectivity index (χ3v) is 2.60. The summed E-state index contributed by atoms with van der Waals surface area (Å²) in [6.45, 7) is 0.759. The van der Waals surface area contributed by atoms with E-state index in [0.29, 0.717) is 11.4 Å². The Bertz CT molecular complexity index is 337. The fourth-order valence-corrected chi connectivity index (χ4v) is 1.84. The molecule has 1 heterocycles. The zero-order valence-corrected chi connectivity index (χ0v) is 7.84. The lowest BCUT2D eigenvalue weighted by molar-refractivity contribution is -0.118. The van der Waals surface area contributed by atoms with Crippen molar-refractivity contribution in [1.29, 1.82) is 0 Å². The molecule has 1 aromatic carbocycles. The van der Waals surface area contributed by atoms with Crippen LogP contribution in [-0.4, -0.2) is 12.3 Å². The van der Waals surface area contributed by atoms with Gasteiger partial charge in [-0.05, 0) is 11.6 Å². The normalized spacial score (nSPS) is 22.2. The van der Waals surface area contributed by atoms with Gasteiger partial charge in [0.25, 0.3) is 0 Å². The SMILES string of the molecule is O=C1CCNC1c1ccccc1Cl. The van der Waals surface area contributed by atoms with Crippen molar-refractivity contribution in [3.63, 3.8) is 0 Å². The van der Waals surface area contributed by atoms with Crippen LogP contribution in [0.25, 0.3) is 0 Å². The molecule has 1 atom stereocenters. The number of Topliss-reactive ketones (excluding diaryl/α,β-unsaturated/α-hetero) is 1. The number of rotatable bonds is 1. The van der Waals surface area contributed by atoms with Gasteiger partial charge in [0.05, 0.1) is 6.04 Å². The first-order valence-corrected chi connectivity index (χ1v) is 4.67. The molecule has 1 saturated heterocycles. The highest BCUT2D eigenvalue weighted by atomic mass is 35.5. The molecule has 0 amide bonds. The van der Waals surface area contributed by atoms with Crippen LogP contribution in [0.15, 0.2) is 24.3 Å². The van der Waals surface area contributed by atoms with Gasteiger partial charge in [0, 0.05) is 18.0 Å². The number of ketones is 1. The summed E-state index contributed by atoms with van der Waals surface area (Å²) in [6, 6.07) is 7.28. The van der Waals surface area contributed by atoms with Gasteiger partial charge in [0.2, 0.25) is 0 Å². The van der Waals surface area contributed by atoms with E-state index in [2.05, 4.69) is 5.32 Å². The van der Waals surface area contributed by atoms with Crippen LogP contribution < -0.4 is 5.32 Å². The van der Waals surface area contributed by atoms with Crippen LogP contribution in [0.3, 0.4) is 0 Å². The van der Waals surface area contributed by atoms with E-state index in [-0.39, 0.29) is 11.8 Å². The summed E-state index contributed by atoms with van der Waals surface area (Å²) >= 11 is 5.98. The molecule has 68 valence electrons. The van der Waals surface area contributed by atoms with E-state index in [1.54, 1.807) is 0 Å². The first-order chi connectivity index (χ1) is 6.29. The Balaban J connectivity index is 2.34. The van der Waals surface area contributed by atoms with Crippen molar-refractivity contribution in [2.45, 2.75) is 12.5 Å². The fourth-order valence-electron chi connectivity index (χ4n) is 1.59. The van der Waals surface area contributed by atoms with Crippen molar-refractivity contribution in [2.75, 3.05) is 6.54 Å². The van der Waals surface area contributed by atoms with Crippen LogP contribution >= 0.6 is 11.6 Å². The molecule has 0 saturated carbocycles. The van der Waals surface area contributed by atoms with Crippen molar-refractivity contribution < 1.29 is 4.79 Å². The first-order valence-electron chi connectivity index (χ1n) is 4.29. The molecule has 2 rings (SSSR count). The number of carbonyl (C=O) groups excluding carboxylic acids is 1. The summed E-state index contributed by atoms with van der Waals surface area (Å²) in [5.74, 6) is 0.230. The molecule has 0 aliphatic carbocycles. The monoisotopic (exact) mass is 195 g/mol. The molecule has 13 heavy (non-hydrogen) atoms. The summed E-state index contributed by atoms with van der Waals surface area (Å²) in [5, 5.41) is 3.79. The molecule has 1 aromatic rings. The second kappa shape index (κ2) is 3.48. The highest BCUT2D eigenvalue weighted by Crippen LogP contribution is 2.26. The number of carbonyl (C=O) groups is 1. The van der Waals surface area contributed by atoms with E-state index < -0.39 is 0 Å². The molecule has 1 aliphatic rings. The standard InChI is InChI=1S/C10H10ClNO/c11-8-4-2-1-3-7(8)10-9(13)5-6-12-10/h1-4,10,12H,5-6H2. The predicted molar refractivity (Wildman–Crippen MR) is 51.8 cm³/mol.